The molecule has 0 spiro atoms. The summed E-state index contributed by atoms with van der Waals surface area (Å²) in [6.45, 7) is 3.12. The van der Waals surface area contributed by atoms with Crippen LogP contribution in [0, 0.1) is 3.57 Å². The predicted molar refractivity (Wildman–Crippen MR) is 117 cm³/mol. The minimum atomic E-state index is -0.366. The fraction of sp³-hybridized carbons (Fsp3) is 0.250. The Morgan fingerprint density at radius 2 is 2.00 bits per heavy atom. The molecule has 0 aliphatic rings. The zero-order valence-electron chi connectivity index (χ0n) is 15.5. The molecule has 2 aromatic carbocycles. The van der Waals surface area contributed by atoms with E-state index >= 15 is 0 Å². The monoisotopic (exact) mass is 510 g/mol. The molecule has 8 heteroatoms. The molecular weight excluding hydrogens is 491 g/mol. The Morgan fingerprint density at radius 3 is 2.71 bits per heavy atom. The summed E-state index contributed by atoms with van der Waals surface area (Å²) in [6.07, 6.45) is 0. The van der Waals surface area contributed by atoms with Gasteiger partial charge in [0.2, 0.25) is 0 Å². The second kappa shape index (κ2) is 9.44. The summed E-state index contributed by atoms with van der Waals surface area (Å²) in [6, 6.07) is 12.7. The summed E-state index contributed by atoms with van der Waals surface area (Å²) in [4.78, 5) is 29.7. The molecule has 0 unspecified atom stereocenters. The molecule has 0 bridgehead atoms. The van der Waals surface area contributed by atoms with Crippen molar-refractivity contribution in [3.63, 3.8) is 0 Å². The van der Waals surface area contributed by atoms with Crippen LogP contribution < -0.4 is 4.80 Å². The van der Waals surface area contributed by atoms with E-state index in [0.29, 0.717) is 35.7 Å². The number of carbonyl (C=O) groups excluding carboxylic acids is 2. The highest BCUT2D eigenvalue weighted by Gasteiger charge is 2.14. The van der Waals surface area contributed by atoms with E-state index in [0.717, 1.165) is 13.8 Å². The van der Waals surface area contributed by atoms with Crippen LogP contribution in [0.2, 0.25) is 0 Å². The zero-order chi connectivity index (χ0) is 20.1. The molecule has 1 aromatic heterocycles. The summed E-state index contributed by atoms with van der Waals surface area (Å²) in [5, 5.41) is 0. The fourth-order valence-electron chi connectivity index (χ4n) is 2.68. The minimum absolute atomic E-state index is 0.298. The van der Waals surface area contributed by atoms with Gasteiger partial charge in [-0.05, 0) is 59.8 Å². The van der Waals surface area contributed by atoms with E-state index in [4.69, 9.17) is 9.47 Å². The highest BCUT2D eigenvalue weighted by atomic mass is 127. The lowest BCUT2D eigenvalue weighted by Gasteiger charge is -2.05. The maximum Gasteiger partial charge on any atom is 0.338 e. The number of nitrogens with zero attached hydrogens (tertiary/aromatic N) is 2. The van der Waals surface area contributed by atoms with Gasteiger partial charge in [0.25, 0.3) is 5.91 Å². The van der Waals surface area contributed by atoms with Gasteiger partial charge in [-0.2, -0.15) is 4.99 Å². The average Bonchev–Trinajstić information content (AvgIpc) is 3.02. The number of carbonyl (C=O) groups is 2. The Kier molecular flexibility index (Phi) is 6.97. The number of halogens is 1. The van der Waals surface area contributed by atoms with Crippen molar-refractivity contribution in [1.82, 2.24) is 4.57 Å². The number of hydrogen-bond donors (Lipinski definition) is 0. The Hall–Kier alpha value is -2.04. The van der Waals surface area contributed by atoms with Crippen molar-refractivity contribution in [2.24, 2.45) is 4.99 Å². The van der Waals surface area contributed by atoms with Gasteiger partial charge in [-0.3, -0.25) is 4.79 Å². The number of ether oxygens (including phenoxy) is 2. The lowest BCUT2D eigenvalue weighted by Crippen LogP contribution is -2.19. The van der Waals surface area contributed by atoms with Crippen molar-refractivity contribution >= 4 is 56.0 Å². The van der Waals surface area contributed by atoms with Crippen molar-refractivity contribution in [2.45, 2.75) is 13.5 Å². The highest BCUT2D eigenvalue weighted by Crippen LogP contribution is 2.20. The number of fused-ring (bicyclic) bond motifs is 1. The van der Waals surface area contributed by atoms with Gasteiger partial charge in [0.05, 0.1) is 34.6 Å². The molecule has 0 saturated heterocycles. The Balaban J connectivity index is 2.10. The van der Waals surface area contributed by atoms with Gasteiger partial charge < -0.3 is 14.0 Å². The molecule has 0 atom stereocenters. The lowest BCUT2D eigenvalue weighted by molar-refractivity contribution is 0.0526. The quantitative estimate of drug-likeness (QED) is 0.373. The van der Waals surface area contributed by atoms with Crippen molar-refractivity contribution in [2.75, 3.05) is 20.3 Å². The van der Waals surface area contributed by atoms with Crippen LogP contribution in [0.5, 0.6) is 0 Å². The average molecular weight is 510 g/mol. The molecule has 0 saturated carbocycles. The summed E-state index contributed by atoms with van der Waals surface area (Å²) in [5.41, 5.74) is 1.93. The van der Waals surface area contributed by atoms with Crippen LogP contribution in [-0.4, -0.2) is 36.8 Å². The first-order valence-corrected chi connectivity index (χ1v) is 10.6. The van der Waals surface area contributed by atoms with E-state index in [9.17, 15) is 9.59 Å². The van der Waals surface area contributed by atoms with Crippen LogP contribution in [0.15, 0.2) is 47.5 Å². The smallest absolute Gasteiger partial charge is 0.338 e. The molecule has 1 amide bonds. The molecular formula is C20H19IN2O4S. The Morgan fingerprint density at radius 1 is 1.21 bits per heavy atom. The number of amides is 1. The van der Waals surface area contributed by atoms with Crippen LogP contribution in [0.1, 0.15) is 27.6 Å². The van der Waals surface area contributed by atoms with Crippen molar-refractivity contribution in [1.29, 1.82) is 0 Å². The summed E-state index contributed by atoms with van der Waals surface area (Å²) in [7, 11) is 1.63. The number of rotatable bonds is 6. The van der Waals surface area contributed by atoms with Crippen LogP contribution in [-0.2, 0) is 16.0 Å². The molecule has 3 rings (SSSR count). The minimum Gasteiger partial charge on any atom is -0.462 e. The first-order chi connectivity index (χ1) is 13.5. The fourth-order valence-corrected chi connectivity index (χ4v) is 4.39. The number of thiazole rings is 1. The van der Waals surface area contributed by atoms with E-state index in [-0.39, 0.29) is 11.9 Å². The van der Waals surface area contributed by atoms with Crippen LogP contribution in [0.4, 0.5) is 0 Å². The largest absolute Gasteiger partial charge is 0.462 e. The third kappa shape index (κ3) is 4.50. The number of hydrogen-bond acceptors (Lipinski definition) is 5. The second-order valence-corrected chi connectivity index (χ2v) is 8.00. The van der Waals surface area contributed by atoms with Crippen molar-refractivity contribution in [3.05, 3.63) is 62.0 Å². The maximum atomic E-state index is 12.7. The molecule has 1 heterocycles. The van der Waals surface area contributed by atoms with Crippen LogP contribution in [0.25, 0.3) is 10.2 Å². The Labute approximate surface area is 180 Å². The van der Waals surface area contributed by atoms with Gasteiger partial charge in [0.1, 0.15) is 0 Å². The molecule has 0 fully saturated rings. The predicted octanol–water partition coefficient (Wildman–Crippen LogP) is 3.87. The zero-order valence-corrected chi connectivity index (χ0v) is 18.5. The van der Waals surface area contributed by atoms with E-state index in [1.807, 2.05) is 28.8 Å². The molecule has 0 N–H and O–H groups in total. The number of benzene rings is 2. The van der Waals surface area contributed by atoms with Gasteiger partial charge in [0, 0.05) is 17.2 Å². The second-order valence-electron chi connectivity index (χ2n) is 5.83. The summed E-state index contributed by atoms with van der Waals surface area (Å²) >= 11 is 3.49. The lowest BCUT2D eigenvalue weighted by atomic mass is 10.2. The molecule has 0 aliphatic carbocycles. The van der Waals surface area contributed by atoms with E-state index in [1.54, 1.807) is 32.2 Å². The Bertz CT molecular complexity index is 1090. The molecule has 3 aromatic rings. The summed E-state index contributed by atoms with van der Waals surface area (Å²) in [5.74, 6) is -0.664. The van der Waals surface area contributed by atoms with E-state index in [1.165, 1.54) is 11.3 Å². The van der Waals surface area contributed by atoms with Gasteiger partial charge in [-0.25, -0.2) is 4.79 Å². The highest BCUT2D eigenvalue weighted by molar-refractivity contribution is 14.1. The third-order valence-corrected chi connectivity index (χ3v) is 6.00. The normalized spacial score (nSPS) is 11.8. The molecule has 0 aliphatic heterocycles. The topological polar surface area (TPSA) is 69.9 Å². The maximum absolute atomic E-state index is 12.7. The van der Waals surface area contributed by atoms with Gasteiger partial charge >= 0.3 is 5.97 Å². The van der Waals surface area contributed by atoms with Gasteiger partial charge in [-0.15, -0.1) is 0 Å². The number of esters is 1. The molecule has 6 nitrogen and oxygen atoms in total. The molecule has 146 valence electrons. The van der Waals surface area contributed by atoms with Gasteiger partial charge in [-0.1, -0.05) is 23.5 Å². The summed E-state index contributed by atoms with van der Waals surface area (Å²) < 4.78 is 13.9. The number of methoxy groups -OCH3 is 1. The van der Waals surface area contributed by atoms with Crippen molar-refractivity contribution < 1.29 is 19.1 Å². The molecule has 28 heavy (non-hydrogen) atoms. The third-order valence-electron chi connectivity index (χ3n) is 4.01. The van der Waals surface area contributed by atoms with E-state index < -0.39 is 0 Å². The SMILES string of the molecule is CCOC(=O)c1ccc2c(c1)sc(=NC(=O)c1ccccc1I)n2CCOC. The van der Waals surface area contributed by atoms with Gasteiger partial charge in [0.15, 0.2) is 4.80 Å². The molecule has 0 radical (unpaired) electrons. The number of aromatic nitrogens is 1. The van der Waals surface area contributed by atoms with Crippen LogP contribution in [0.3, 0.4) is 0 Å². The first-order valence-electron chi connectivity index (χ1n) is 8.68. The van der Waals surface area contributed by atoms with E-state index in [2.05, 4.69) is 27.6 Å². The van der Waals surface area contributed by atoms with Crippen LogP contribution >= 0.6 is 33.9 Å². The standard InChI is InChI=1S/C20H19IN2O4S/c1-3-27-19(25)13-8-9-16-17(12-13)28-20(23(16)10-11-26-2)22-18(24)14-6-4-5-7-15(14)21/h4-9,12H,3,10-11H2,1-2H3. The van der Waals surface area contributed by atoms with Crippen molar-refractivity contribution in [3.8, 4) is 0 Å². The first kappa shape index (κ1) is 20.7.